The molecule has 0 spiro atoms. The minimum absolute atomic E-state index is 0.0575. The number of carbonyl (C=O) groups is 1. The van der Waals surface area contributed by atoms with Crippen molar-refractivity contribution in [2.24, 2.45) is 0 Å². The smallest absolute Gasteiger partial charge is 0.231 e. The molecule has 0 aliphatic rings. The van der Waals surface area contributed by atoms with Crippen molar-refractivity contribution in [3.63, 3.8) is 0 Å². The Balaban J connectivity index is 2.17. The van der Waals surface area contributed by atoms with E-state index in [1.807, 2.05) is 24.3 Å². The lowest BCUT2D eigenvalue weighted by Gasteiger charge is -2.20. The number of hydrogen-bond acceptors (Lipinski definition) is 2. The third-order valence-corrected chi connectivity index (χ3v) is 3.90. The molecule has 5 heteroatoms. The van der Waals surface area contributed by atoms with E-state index in [2.05, 4.69) is 0 Å². The maximum absolute atomic E-state index is 12.4. The number of methoxy groups -OCH3 is 1. The summed E-state index contributed by atoms with van der Waals surface area (Å²) in [7, 11) is 3.30. The van der Waals surface area contributed by atoms with Crippen molar-refractivity contribution < 1.29 is 9.53 Å². The van der Waals surface area contributed by atoms with Crippen LogP contribution in [0.25, 0.3) is 0 Å². The molecule has 0 heterocycles. The van der Waals surface area contributed by atoms with Crippen LogP contribution in [0.2, 0.25) is 10.0 Å². The molecule has 2 aromatic rings. The van der Waals surface area contributed by atoms with Crippen molar-refractivity contribution in [1.82, 2.24) is 0 Å². The Labute approximate surface area is 134 Å². The van der Waals surface area contributed by atoms with Gasteiger partial charge in [-0.25, -0.2) is 0 Å². The molecular weight excluding hydrogens is 309 g/mol. The fraction of sp³-hybridized carbons (Fsp3) is 0.188. The Morgan fingerprint density at radius 2 is 1.86 bits per heavy atom. The van der Waals surface area contributed by atoms with Gasteiger partial charge in [-0.05, 0) is 29.8 Å². The van der Waals surface area contributed by atoms with Gasteiger partial charge in [-0.3, -0.25) is 4.79 Å². The summed E-state index contributed by atoms with van der Waals surface area (Å²) in [6.07, 6.45) is 0.242. The molecule has 0 bridgehead atoms. The topological polar surface area (TPSA) is 29.5 Å². The lowest BCUT2D eigenvalue weighted by molar-refractivity contribution is -0.117. The standard InChI is InChI=1S/C16H15Cl2NO2/c1-19(14-5-3-4-6-15(14)21-2)16(20)10-11-7-8-12(17)13(18)9-11/h3-9H,10H2,1-2H3. The van der Waals surface area contributed by atoms with Crippen molar-refractivity contribution in [3.8, 4) is 5.75 Å². The van der Waals surface area contributed by atoms with E-state index in [4.69, 9.17) is 27.9 Å². The molecule has 0 saturated carbocycles. The number of carbonyl (C=O) groups excluding carboxylic acids is 1. The van der Waals surface area contributed by atoms with E-state index < -0.39 is 0 Å². The molecule has 0 unspecified atom stereocenters. The van der Waals surface area contributed by atoms with Gasteiger partial charge < -0.3 is 9.64 Å². The number of para-hydroxylation sites is 2. The van der Waals surface area contributed by atoms with E-state index in [9.17, 15) is 4.79 Å². The highest BCUT2D eigenvalue weighted by molar-refractivity contribution is 6.42. The predicted molar refractivity (Wildman–Crippen MR) is 86.6 cm³/mol. The van der Waals surface area contributed by atoms with Crippen molar-refractivity contribution in [2.75, 3.05) is 19.1 Å². The van der Waals surface area contributed by atoms with Gasteiger partial charge in [-0.1, -0.05) is 41.4 Å². The van der Waals surface area contributed by atoms with Gasteiger partial charge in [-0.2, -0.15) is 0 Å². The number of amides is 1. The average Bonchev–Trinajstić information content (AvgIpc) is 2.50. The number of halogens is 2. The fourth-order valence-electron chi connectivity index (χ4n) is 1.98. The second-order valence-corrected chi connectivity index (χ2v) is 5.36. The van der Waals surface area contributed by atoms with Gasteiger partial charge in [-0.15, -0.1) is 0 Å². The fourth-order valence-corrected chi connectivity index (χ4v) is 2.30. The third-order valence-electron chi connectivity index (χ3n) is 3.16. The third kappa shape index (κ3) is 3.69. The molecule has 1 amide bonds. The van der Waals surface area contributed by atoms with E-state index in [1.165, 1.54) is 0 Å². The highest BCUT2D eigenvalue weighted by Crippen LogP contribution is 2.28. The molecule has 0 atom stereocenters. The molecule has 0 aliphatic heterocycles. The Kier molecular flexibility index (Phi) is 5.10. The zero-order valence-corrected chi connectivity index (χ0v) is 13.3. The summed E-state index contributed by atoms with van der Waals surface area (Å²) in [5.41, 5.74) is 1.54. The molecule has 0 aromatic heterocycles. The maximum atomic E-state index is 12.4. The van der Waals surface area contributed by atoms with Crippen LogP contribution in [0.5, 0.6) is 5.75 Å². The number of benzene rings is 2. The van der Waals surface area contributed by atoms with Crippen LogP contribution < -0.4 is 9.64 Å². The highest BCUT2D eigenvalue weighted by atomic mass is 35.5. The van der Waals surface area contributed by atoms with Crippen LogP contribution in [0.15, 0.2) is 42.5 Å². The molecular formula is C16H15Cl2NO2. The molecule has 0 aliphatic carbocycles. The summed E-state index contributed by atoms with van der Waals surface area (Å²) >= 11 is 11.8. The maximum Gasteiger partial charge on any atom is 0.231 e. The quantitative estimate of drug-likeness (QED) is 0.843. The summed E-state index contributed by atoms with van der Waals surface area (Å²) in [5.74, 6) is 0.598. The molecule has 0 fully saturated rings. The zero-order valence-electron chi connectivity index (χ0n) is 11.8. The summed E-state index contributed by atoms with van der Waals surface area (Å²) < 4.78 is 5.27. The molecule has 0 radical (unpaired) electrons. The lowest BCUT2D eigenvalue weighted by Crippen LogP contribution is -2.28. The Hall–Kier alpha value is -1.71. The first kappa shape index (κ1) is 15.7. The van der Waals surface area contributed by atoms with E-state index >= 15 is 0 Å². The zero-order chi connectivity index (χ0) is 15.4. The molecule has 0 saturated heterocycles. The summed E-state index contributed by atoms with van der Waals surface area (Å²) in [4.78, 5) is 13.9. The van der Waals surface area contributed by atoms with Crippen LogP contribution in [0.4, 0.5) is 5.69 Å². The van der Waals surface area contributed by atoms with E-state index in [1.54, 1.807) is 37.3 Å². The molecule has 21 heavy (non-hydrogen) atoms. The number of nitrogens with zero attached hydrogens (tertiary/aromatic N) is 1. The van der Waals surface area contributed by atoms with Crippen LogP contribution in [-0.2, 0) is 11.2 Å². The summed E-state index contributed by atoms with van der Waals surface area (Å²) in [6.45, 7) is 0. The van der Waals surface area contributed by atoms with Gasteiger partial charge in [0.2, 0.25) is 5.91 Å². The minimum atomic E-state index is -0.0575. The van der Waals surface area contributed by atoms with Crippen molar-refractivity contribution in [2.45, 2.75) is 6.42 Å². The highest BCUT2D eigenvalue weighted by Gasteiger charge is 2.15. The van der Waals surface area contributed by atoms with Crippen LogP contribution in [-0.4, -0.2) is 20.1 Å². The average molecular weight is 324 g/mol. The molecule has 2 aromatic carbocycles. The lowest BCUT2D eigenvalue weighted by atomic mass is 10.1. The van der Waals surface area contributed by atoms with Crippen molar-refractivity contribution >= 4 is 34.8 Å². The minimum Gasteiger partial charge on any atom is -0.495 e. The van der Waals surface area contributed by atoms with Gasteiger partial charge in [0.15, 0.2) is 0 Å². The van der Waals surface area contributed by atoms with Crippen LogP contribution in [0, 0.1) is 0 Å². The first-order valence-electron chi connectivity index (χ1n) is 6.36. The van der Waals surface area contributed by atoms with Gasteiger partial charge >= 0.3 is 0 Å². The van der Waals surface area contributed by atoms with E-state index in [0.717, 1.165) is 11.3 Å². The predicted octanol–water partition coefficient (Wildman–Crippen LogP) is 4.21. The summed E-state index contributed by atoms with van der Waals surface area (Å²) in [6, 6.07) is 12.6. The number of likely N-dealkylation sites (N-methyl/N-ethyl adjacent to an activating group) is 1. The second-order valence-electron chi connectivity index (χ2n) is 4.55. The SMILES string of the molecule is COc1ccccc1N(C)C(=O)Cc1ccc(Cl)c(Cl)c1. The number of rotatable bonds is 4. The molecule has 3 nitrogen and oxygen atoms in total. The first-order chi connectivity index (χ1) is 10.0. The molecule has 2 rings (SSSR count). The van der Waals surface area contributed by atoms with Crippen LogP contribution >= 0.6 is 23.2 Å². The second kappa shape index (κ2) is 6.83. The van der Waals surface area contributed by atoms with Crippen LogP contribution in [0.1, 0.15) is 5.56 Å². The summed E-state index contributed by atoms with van der Waals surface area (Å²) in [5, 5.41) is 0.924. The Morgan fingerprint density at radius 1 is 1.14 bits per heavy atom. The van der Waals surface area contributed by atoms with Gasteiger partial charge in [0, 0.05) is 7.05 Å². The molecule has 110 valence electrons. The van der Waals surface area contributed by atoms with Gasteiger partial charge in [0.05, 0.1) is 29.3 Å². The number of anilines is 1. The Morgan fingerprint density at radius 3 is 2.52 bits per heavy atom. The number of ether oxygens (including phenoxy) is 1. The van der Waals surface area contributed by atoms with Gasteiger partial charge in [0.1, 0.15) is 5.75 Å². The number of hydrogen-bond donors (Lipinski definition) is 0. The largest absolute Gasteiger partial charge is 0.495 e. The first-order valence-corrected chi connectivity index (χ1v) is 7.12. The van der Waals surface area contributed by atoms with Gasteiger partial charge in [0.25, 0.3) is 0 Å². The normalized spacial score (nSPS) is 10.3. The van der Waals surface area contributed by atoms with E-state index in [-0.39, 0.29) is 12.3 Å². The monoisotopic (exact) mass is 323 g/mol. The van der Waals surface area contributed by atoms with Crippen molar-refractivity contribution in [1.29, 1.82) is 0 Å². The van der Waals surface area contributed by atoms with E-state index in [0.29, 0.717) is 15.8 Å². The Bertz CT molecular complexity index is 658. The van der Waals surface area contributed by atoms with Crippen molar-refractivity contribution in [3.05, 3.63) is 58.1 Å². The molecule has 0 N–H and O–H groups in total. The van der Waals surface area contributed by atoms with Crippen LogP contribution in [0.3, 0.4) is 0 Å².